The summed E-state index contributed by atoms with van der Waals surface area (Å²) in [6.07, 6.45) is 3.95. The minimum atomic E-state index is -0.142. The van der Waals surface area contributed by atoms with Crippen LogP contribution in [0, 0.1) is 6.92 Å². The number of nitrogens with zero attached hydrogens (tertiary/aromatic N) is 3. The molecule has 0 N–H and O–H groups in total. The second-order valence-electron chi connectivity index (χ2n) is 17.9. The number of aromatic nitrogens is 1. The van der Waals surface area contributed by atoms with Crippen LogP contribution in [0.3, 0.4) is 0 Å². The molecule has 4 heteroatoms. The summed E-state index contributed by atoms with van der Waals surface area (Å²) in [5.74, 6) is 0.832. The number of methoxy groups -OCH3 is 1. The van der Waals surface area contributed by atoms with Gasteiger partial charge in [-0.1, -0.05) is 108 Å². The predicted octanol–water partition coefficient (Wildman–Crippen LogP) is 15.2. The molecule has 8 aromatic rings. The first kappa shape index (κ1) is 38.5. The van der Waals surface area contributed by atoms with Gasteiger partial charge >= 0.3 is 0 Å². The second-order valence-corrected chi connectivity index (χ2v) is 17.9. The van der Waals surface area contributed by atoms with Gasteiger partial charge < -0.3 is 14.5 Å². The van der Waals surface area contributed by atoms with Crippen molar-refractivity contribution in [2.24, 2.45) is 0 Å². The fourth-order valence-electron chi connectivity index (χ4n) is 10.1. The number of hydrogen-bond donors (Lipinski definition) is 0. The molecule has 0 saturated carbocycles. The molecule has 0 aliphatic heterocycles. The van der Waals surface area contributed by atoms with E-state index in [1.54, 1.807) is 7.11 Å². The van der Waals surface area contributed by atoms with Crippen LogP contribution in [0.1, 0.15) is 80.5 Å². The lowest BCUT2D eigenvalue weighted by Crippen LogP contribution is -2.18. The van der Waals surface area contributed by atoms with Gasteiger partial charge in [-0.15, -0.1) is 0 Å². The van der Waals surface area contributed by atoms with Crippen LogP contribution in [0.25, 0.3) is 33.2 Å². The number of hydrogen-bond acceptors (Lipinski definition) is 4. The van der Waals surface area contributed by atoms with Gasteiger partial charge in [0, 0.05) is 50.8 Å². The molecule has 7 aromatic carbocycles. The lowest BCUT2D eigenvalue weighted by Gasteiger charge is -2.31. The van der Waals surface area contributed by atoms with Crippen LogP contribution in [0.2, 0.25) is 0 Å². The van der Waals surface area contributed by atoms with E-state index in [9.17, 15) is 0 Å². The standard InChI is InChI=1S/C57H53N3O/c1-9-37-16-25-45-47-27-20-42(34-51(47)56(4,5)49(45)32-37)59(40-18-23-44(61-8)24-19-40)41-22-29-53(36(3)31-41)60(54-15-11-13-39-14-12-30-58-55(39)54)43-21-28-48-46-26-17-38(10-2)33-50(46)57(6,7)52(48)35-43/h11-35H,9-10H2,1-8H3. The van der Waals surface area contributed by atoms with Crippen LogP contribution >= 0.6 is 0 Å². The molecule has 2 aliphatic carbocycles. The Kier molecular flexibility index (Phi) is 9.17. The van der Waals surface area contributed by atoms with E-state index in [-0.39, 0.29) is 10.8 Å². The lowest BCUT2D eigenvalue weighted by molar-refractivity contribution is 0.415. The van der Waals surface area contributed by atoms with Gasteiger partial charge in [-0.3, -0.25) is 4.98 Å². The fraction of sp³-hybridized carbons (Fsp3) is 0.211. The molecule has 10 rings (SSSR count). The average molecular weight is 796 g/mol. The second kappa shape index (κ2) is 14.5. The monoisotopic (exact) mass is 795 g/mol. The highest BCUT2D eigenvalue weighted by molar-refractivity contribution is 5.98. The van der Waals surface area contributed by atoms with Gasteiger partial charge in [-0.05, 0) is 160 Å². The third-order valence-electron chi connectivity index (χ3n) is 13.6. The number of anilines is 6. The van der Waals surface area contributed by atoms with Gasteiger partial charge in [0.25, 0.3) is 0 Å². The molecular weight excluding hydrogens is 743 g/mol. The van der Waals surface area contributed by atoms with Crippen molar-refractivity contribution in [1.29, 1.82) is 0 Å². The lowest BCUT2D eigenvalue weighted by atomic mass is 9.81. The maximum Gasteiger partial charge on any atom is 0.119 e. The van der Waals surface area contributed by atoms with E-state index in [2.05, 4.69) is 198 Å². The summed E-state index contributed by atoms with van der Waals surface area (Å²) in [6.45, 7) is 16.2. The smallest absolute Gasteiger partial charge is 0.119 e. The number of aryl methyl sites for hydroxylation is 3. The number of benzene rings is 7. The molecule has 0 bridgehead atoms. The van der Waals surface area contributed by atoms with Gasteiger partial charge in [-0.2, -0.15) is 0 Å². The topological polar surface area (TPSA) is 28.6 Å². The Hall–Kier alpha value is -6.65. The van der Waals surface area contributed by atoms with Crippen LogP contribution in [0.15, 0.2) is 152 Å². The summed E-state index contributed by atoms with van der Waals surface area (Å²) in [6, 6.07) is 54.1. The minimum Gasteiger partial charge on any atom is -0.497 e. The minimum absolute atomic E-state index is 0.131. The van der Waals surface area contributed by atoms with E-state index in [1.165, 1.54) is 55.6 Å². The highest BCUT2D eigenvalue weighted by Crippen LogP contribution is 2.53. The van der Waals surface area contributed by atoms with Crippen LogP contribution < -0.4 is 14.5 Å². The molecule has 61 heavy (non-hydrogen) atoms. The number of rotatable bonds is 9. The molecular formula is C57H53N3O. The third kappa shape index (κ3) is 6.14. The van der Waals surface area contributed by atoms with Crippen LogP contribution in [-0.2, 0) is 23.7 Å². The van der Waals surface area contributed by atoms with Crippen molar-refractivity contribution in [2.75, 3.05) is 16.9 Å². The van der Waals surface area contributed by atoms with Crippen LogP contribution in [0.4, 0.5) is 34.1 Å². The number of pyridine rings is 1. The third-order valence-corrected chi connectivity index (χ3v) is 13.6. The summed E-state index contributed by atoms with van der Waals surface area (Å²) in [5.41, 5.74) is 22.0. The number of ether oxygens (including phenoxy) is 1. The fourth-order valence-corrected chi connectivity index (χ4v) is 10.1. The van der Waals surface area contributed by atoms with Crippen LogP contribution in [-0.4, -0.2) is 12.1 Å². The molecule has 302 valence electrons. The molecule has 0 saturated heterocycles. The maximum atomic E-state index is 5.62. The Morgan fingerprint density at radius 1 is 0.492 bits per heavy atom. The Morgan fingerprint density at radius 2 is 0.984 bits per heavy atom. The molecule has 0 unspecified atom stereocenters. The quantitative estimate of drug-likeness (QED) is 0.145. The zero-order valence-corrected chi connectivity index (χ0v) is 36.6. The predicted molar refractivity (Wildman–Crippen MR) is 256 cm³/mol. The molecule has 0 fully saturated rings. The first-order valence-electron chi connectivity index (χ1n) is 21.8. The molecule has 1 aromatic heterocycles. The average Bonchev–Trinajstić information content (AvgIpc) is 3.65. The first-order chi connectivity index (χ1) is 29.5. The highest BCUT2D eigenvalue weighted by Gasteiger charge is 2.38. The summed E-state index contributed by atoms with van der Waals surface area (Å²) in [4.78, 5) is 9.78. The Labute approximate surface area is 361 Å². The van der Waals surface area contributed by atoms with Gasteiger partial charge in [0.05, 0.1) is 18.3 Å². The van der Waals surface area contributed by atoms with E-state index in [0.29, 0.717) is 0 Å². The zero-order chi connectivity index (χ0) is 42.2. The van der Waals surface area contributed by atoms with E-state index in [1.807, 2.05) is 12.3 Å². The van der Waals surface area contributed by atoms with Crippen molar-refractivity contribution < 1.29 is 4.74 Å². The van der Waals surface area contributed by atoms with E-state index < -0.39 is 0 Å². The largest absolute Gasteiger partial charge is 0.497 e. The Balaban J connectivity index is 1.12. The van der Waals surface area contributed by atoms with Gasteiger partial charge in [0.2, 0.25) is 0 Å². The summed E-state index contributed by atoms with van der Waals surface area (Å²) in [7, 11) is 1.72. The van der Waals surface area contributed by atoms with Gasteiger partial charge in [0.1, 0.15) is 5.75 Å². The maximum absolute atomic E-state index is 5.62. The highest BCUT2D eigenvalue weighted by atomic mass is 16.5. The molecule has 0 radical (unpaired) electrons. The van der Waals surface area contributed by atoms with Crippen molar-refractivity contribution in [3.8, 4) is 28.0 Å². The van der Waals surface area contributed by atoms with Crippen LogP contribution in [0.5, 0.6) is 5.75 Å². The van der Waals surface area contributed by atoms with Crippen molar-refractivity contribution in [3.63, 3.8) is 0 Å². The number of fused-ring (bicyclic) bond motifs is 7. The zero-order valence-electron chi connectivity index (χ0n) is 36.6. The molecule has 4 nitrogen and oxygen atoms in total. The SMILES string of the molecule is CCc1ccc2c(c1)C(C)(C)c1cc(N(c3ccc(OC)cc3)c3ccc(N(c4ccc5c(c4)C(C)(C)c4cc(CC)ccc4-5)c4cccc5cccnc45)c(C)c3)ccc1-2. The molecule has 0 spiro atoms. The Bertz CT molecular complexity index is 3010. The first-order valence-corrected chi connectivity index (χ1v) is 21.8. The summed E-state index contributed by atoms with van der Waals surface area (Å²) >= 11 is 0. The Morgan fingerprint density at radius 3 is 1.54 bits per heavy atom. The molecule has 0 amide bonds. The normalized spacial score (nSPS) is 14.0. The summed E-state index contributed by atoms with van der Waals surface area (Å²) < 4.78 is 5.62. The van der Waals surface area contributed by atoms with E-state index in [4.69, 9.17) is 9.72 Å². The molecule has 1 heterocycles. The van der Waals surface area contributed by atoms with Gasteiger partial charge in [0.15, 0.2) is 0 Å². The van der Waals surface area contributed by atoms with Crippen molar-refractivity contribution in [2.45, 2.75) is 72.1 Å². The van der Waals surface area contributed by atoms with E-state index >= 15 is 0 Å². The van der Waals surface area contributed by atoms with Crippen molar-refractivity contribution in [3.05, 3.63) is 191 Å². The van der Waals surface area contributed by atoms with Crippen molar-refractivity contribution >= 4 is 45.0 Å². The van der Waals surface area contributed by atoms with Gasteiger partial charge in [-0.25, -0.2) is 0 Å². The number of para-hydroxylation sites is 1. The summed E-state index contributed by atoms with van der Waals surface area (Å²) in [5, 5.41) is 1.11. The van der Waals surface area contributed by atoms with E-state index in [0.717, 1.165) is 69.2 Å². The van der Waals surface area contributed by atoms with Crippen molar-refractivity contribution in [1.82, 2.24) is 4.98 Å². The molecule has 0 atom stereocenters. The molecule has 2 aliphatic rings.